The number of rotatable bonds is 9. The minimum absolute atomic E-state index is 0.0580. The van der Waals surface area contributed by atoms with Gasteiger partial charge < -0.3 is 19.5 Å². The maximum Gasteiger partial charge on any atom is 0.422 e. The van der Waals surface area contributed by atoms with Gasteiger partial charge in [0.05, 0.1) is 5.69 Å². The Labute approximate surface area is 255 Å². The van der Waals surface area contributed by atoms with Crippen LogP contribution in [0.4, 0.5) is 15.1 Å². The van der Waals surface area contributed by atoms with Crippen LogP contribution in [-0.4, -0.2) is 55.4 Å². The molecule has 1 fully saturated rings. The SMILES string of the molecule is CC(C)(C)OC(=O)n1c(N2CCCCC2)nc(-c2ccc(F)cc2)c1-c1ccnc(Oc2ccc(CCCC(=O)O)cc2)n1. The van der Waals surface area contributed by atoms with Crippen molar-refractivity contribution in [2.45, 2.75) is 64.9 Å². The second-order valence-electron chi connectivity index (χ2n) is 11.7. The first kappa shape index (κ1) is 30.7. The highest BCUT2D eigenvalue weighted by Crippen LogP contribution is 2.37. The van der Waals surface area contributed by atoms with Crippen molar-refractivity contribution in [1.82, 2.24) is 19.5 Å². The molecule has 1 aliphatic heterocycles. The van der Waals surface area contributed by atoms with E-state index >= 15 is 0 Å². The summed E-state index contributed by atoms with van der Waals surface area (Å²) in [4.78, 5) is 40.6. The maximum atomic E-state index is 13.9. The predicted octanol–water partition coefficient (Wildman–Crippen LogP) is 7.12. The molecular weight excluding hydrogens is 565 g/mol. The number of anilines is 1. The normalized spacial score (nSPS) is 13.5. The van der Waals surface area contributed by atoms with Crippen molar-refractivity contribution in [2.24, 2.45) is 0 Å². The van der Waals surface area contributed by atoms with Gasteiger partial charge in [0.2, 0.25) is 5.95 Å². The van der Waals surface area contributed by atoms with Gasteiger partial charge in [0, 0.05) is 31.3 Å². The van der Waals surface area contributed by atoms with Crippen molar-refractivity contribution in [3.8, 4) is 34.4 Å². The van der Waals surface area contributed by atoms with Crippen molar-refractivity contribution in [1.29, 1.82) is 0 Å². The third-order valence-electron chi connectivity index (χ3n) is 7.06. The number of carboxylic acids is 1. The van der Waals surface area contributed by atoms with Crippen molar-refractivity contribution in [3.05, 3.63) is 72.2 Å². The molecule has 1 saturated heterocycles. The quantitative estimate of drug-likeness (QED) is 0.214. The van der Waals surface area contributed by atoms with Gasteiger partial charge in [-0.25, -0.2) is 23.7 Å². The second-order valence-corrected chi connectivity index (χ2v) is 11.7. The van der Waals surface area contributed by atoms with E-state index in [1.807, 2.05) is 12.1 Å². The van der Waals surface area contributed by atoms with Gasteiger partial charge in [0.15, 0.2) is 0 Å². The molecule has 2 aromatic carbocycles. The Morgan fingerprint density at radius 3 is 2.32 bits per heavy atom. The predicted molar refractivity (Wildman–Crippen MR) is 163 cm³/mol. The van der Waals surface area contributed by atoms with Crippen molar-refractivity contribution >= 4 is 18.0 Å². The Kier molecular flexibility index (Phi) is 9.22. The van der Waals surface area contributed by atoms with Crippen LogP contribution in [0.15, 0.2) is 60.8 Å². The van der Waals surface area contributed by atoms with Gasteiger partial charge in [-0.3, -0.25) is 4.79 Å². The number of benzene rings is 2. The molecule has 0 spiro atoms. The number of hydrogen-bond donors (Lipinski definition) is 1. The van der Waals surface area contributed by atoms with Crippen LogP contribution in [0.5, 0.6) is 11.8 Å². The zero-order chi connectivity index (χ0) is 31.3. The van der Waals surface area contributed by atoms with Crippen LogP contribution in [0.25, 0.3) is 22.6 Å². The molecule has 11 heteroatoms. The minimum atomic E-state index is -0.819. The first-order chi connectivity index (χ1) is 21.1. The van der Waals surface area contributed by atoms with E-state index in [9.17, 15) is 14.0 Å². The summed E-state index contributed by atoms with van der Waals surface area (Å²) in [7, 11) is 0. The number of aliphatic carboxylic acids is 1. The van der Waals surface area contributed by atoms with Crippen LogP contribution < -0.4 is 9.64 Å². The molecule has 1 aliphatic rings. The highest BCUT2D eigenvalue weighted by molar-refractivity contribution is 5.89. The summed E-state index contributed by atoms with van der Waals surface area (Å²) in [6, 6.07) is 15.0. The first-order valence-corrected chi connectivity index (χ1v) is 14.8. The van der Waals surface area contributed by atoms with E-state index in [4.69, 9.17) is 19.6 Å². The van der Waals surface area contributed by atoms with E-state index in [0.717, 1.165) is 37.9 Å². The fraction of sp³-hybridized carbons (Fsp3) is 0.364. The molecular formula is C33H36FN5O5. The van der Waals surface area contributed by atoms with E-state index in [1.165, 1.54) is 16.7 Å². The molecule has 1 N–H and O–H groups in total. The molecule has 0 unspecified atom stereocenters. The van der Waals surface area contributed by atoms with Gasteiger partial charge >= 0.3 is 18.1 Å². The average molecular weight is 602 g/mol. The van der Waals surface area contributed by atoms with Crippen LogP contribution in [0.3, 0.4) is 0 Å². The molecule has 5 rings (SSSR count). The smallest absolute Gasteiger partial charge is 0.422 e. The summed E-state index contributed by atoms with van der Waals surface area (Å²) in [5.41, 5.74) is 2.04. The monoisotopic (exact) mass is 601 g/mol. The Morgan fingerprint density at radius 1 is 0.955 bits per heavy atom. The summed E-state index contributed by atoms with van der Waals surface area (Å²) in [6.07, 6.45) is 5.25. The van der Waals surface area contributed by atoms with Crippen LogP contribution >= 0.6 is 0 Å². The van der Waals surface area contributed by atoms with E-state index in [2.05, 4.69) is 14.9 Å². The largest absolute Gasteiger partial charge is 0.481 e. The van der Waals surface area contributed by atoms with Gasteiger partial charge in [-0.15, -0.1) is 0 Å². The molecule has 0 aliphatic carbocycles. The van der Waals surface area contributed by atoms with E-state index in [1.54, 1.807) is 57.3 Å². The first-order valence-electron chi connectivity index (χ1n) is 14.8. The Bertz CT molecular complexity index is 1610. The summed E-state index contributed by atoms with van der Waals surface area (Å²) in [5, 5.41) is 8.88. The number of aromatic nitrogens is 4. The molecule has 0 bridgehead atoms. The van der Waals surface area contributed by atoms with Crippen LogP contribution in [0.2, 0.25) is 0 Å². The number of carbonyl (C=O) groups excluding carboxylic acids is 1. The average Bonchev–Trinajstić information content (AvgIpc) is 3.39. The van der Waals surface area contributed by atoms with Gasteiger partial charge in [-0.2, -0.15) is 4.98 Å². The van der Waals surface area contributed by atoms with Crippen molar-refractivity contribution in [2.75, 3.05) is 18.0 Å². The number of piperidine rings is 1. The number of carbonyl (C=O) groups is 2. The van der Waals surface area contributed by atoms with Gasteiger partial charge in [0.1, 0.15) is 28.6 Å². The summed E-state index contributed by atoms with van der Waals surface area (Å²) in [5.74, 6) is -0.269. The molecule has 0 radical (unpaired) electrons. The Balaban J connectivity index is 1.56. The lowest BCUT2D eigenvalue weighted by atomic mass is 10.1. The number of aryl methyl sites for hydroxylation is 1. The standard InChI is InChI=1S/C33H36FN5O5/c1-33(2,3)44-32(42)39-29(28(23-12-14-24(34)15-13-23)37-31(39)38-20-5-4-6-21-38)26-18-19-35-30(36-26)43-25-16-10-22(11-17-25)8-7-9-27(40)41/h10-19H,4-9,20-21H2,1-3H3,(H,40,41). The Morgan fingerprint density at radius 2 is 1.66 bits per heavy atom. The summed E-state index contributed by atoms with van der Waals surface area (Å²) < 4.78 is 27.2. The molecule has 0 atom stereocenters. The number of ether oxygens (including phenoxy) is 2. The zero-order valence-corrected chi connectivity index (χ0v) is 25.1. The third-order valence-corrected chi connectivity index (χ3v) is 7.06. The number of nitrogens with zero attached hydrogens (tertiary/aromatic N) is 5. The molecule has 4 aromatic rings. The summed E-state index contributed by atoms with van der Waals surface area (Å²) >= 11 is 0. The molecule has 10 nitrogen and oxygen atoms in total. The molecule has 44 heavy (non-hydrogen) atoms. The van der Waals surface area contributed by atoms with Gasteiger partial charge in [-0.05, 0) is 101 Å². The van der Waals surface area contributed by atoms with E-state index in [0.29, 0.717) is 47.2 Å². The molecule has 2 aromatic heterocycles. The molecule has 230 valence electrons. The topological polar surface area (TPSA) is 120 Å². The van der Waals surface area contributed by atoms with Crippen LogP contribution in [-0.2, 0) is 16.0 Å². The lowest BCUT2D eigenvalue weighted by molar-refractivity contribution is -0.137. The molecule has 0 saturated carbocycles. The fourth-order valence-corrected chi connectivity index (χ4v) is 5.04. The number of imidazole rings is 1. The van der Waals surface area contributed by atoms with Gasteiger partial charge in [-0.1, -0.05) is 12.1 Å². The lowest BCUT2D eigenvalue weighted by Crippen LogP contribution is -2.35. The second kappa shape index (κ2) is 13.2. The van der Waals surface area contributed by atoms with Gasteiger partial charge in [0.25, 0.3) is 0 Å². The van der Waals surface area contributed by atoms with E-state index in [-0.39, 0.29) is 18.2 Å². The molecule has 3 heterocycles. The third kappa shape index (κ3) is 7.58. The minimum Gasteiger partial charge on any atom is -0.481 e. The number of halogens is 1. The highest BCUT2D eigenvalue weighted by Gasteiger charge is 2.32. The summed E-state index contributed by atoms with van der Waals surface area (Å²) in [6.45, 7) is 6.87. The van der Waals surface area contributed by atoms with E-state index < -0.39 is 17.7 Å². The maximum absolute atomic E-state index is 13.9. The number of hydrogen-bond acceptors (Lipinski definition) is 8. The van der Waals surface area contributed by atoms with Crippen molar-refractivity contribution in [3.63, 3.8) is 0 Å². The number of carboxylic acid groups (broad SMARTS) is 1. The Hall–Kier alpha value is -4.80. The van der Waals surface area contributed by atoms with Crippen LogP contribution in [0.1, 0.15) is 58.4 Å². The lowest BCUT2D eigenvalue weighted by Gasteiger charge is -2.29. The zero-order valence-electron chi connectivity index (χ0n) is 25.1. The highest BCUT2D eigenvalue weighted by atomic mass is 19.1. The fourth-order valence-electron chi connectivity index (χ4n) is 5.04. The van der Waals surface area contributed by atoms with Crippen LogP contribution in [0, 0.1) is 5.82 Å². The molecule has 0 amide bonds. The van der Waals surface area contributed by atoms with Crippen molar-refractivity contribution < 1.29 is 28.6 Å².